The molecule has 4 N–H and O–H groups in total. The van der Waals surface area contributed by atoms with E-state index < -0.39 is 5.91 Å². The van der Waals surface area contributed by atoms with Crippen molar-refractivity contribution in [3.8, 4) is 0 Å². The van der Waals surface area contributed by atoms with Crippen molar-refractivity contribution >= 4 is 11.6 Å². The highest BCUT2D eigenvalue weighted by molar-refractivity contribution is 5.96. The zero-order chi connectivity index (χ0) is 13.8. The smallest absolute Gasteiger partial charge is 0.288 e. The SMILES string of the molecule is CC.CCC.CN(N)C(=O)c1ncccc1N. The number of pyridine rings is 1. The number of hydrogen-bond donors (Lipinski definition) is 2. The van der Waals surface area contributed by atoms with Crippen LogP contribution >= 0.6 is 0 Å². The number of nitrogens with two attached hydrogens (primary N) is 2. The molecular weight excluding hydrogens is 216 g/mol. The summed E-state index contributed by atoms with van der Waals surface area (Å²) in [6.45, 7) is 8.25. The first-order valence-electron chi connectivity index (χ1n) is 5.77. The summed E-state index contributed by atoms with van der Waals surface area (Å²) >= 11 is 0. The largest absolute Gasteiger partial charge is 0.397 e. The number of carbonyl (C=O) groups is 1. The number of aromatic nitrogens is 1. The Kier molecular flexibility index (Phi) is 11.4. The fourth-order valence-electron chi connectivity index (χ4n) is 0.763. The summed E-state index contributed by atoms with van der Waals surface area (Å²) in [4.78, 5) is 15.0. The average molecular weight is 240 g/mol. The Morgan fingerprint density at radius 1 is 1.41 bits per heavy atom. The standard InChI is InChI=1S/C7H10N4O.C3H8.C2H6/c1-11(9)7(12)6-5(8)3-2-4-10-6;1-3-2;1-2/h2-4H,8-9H2,1H3;3H2,1-2H3;1-2H3. The molecule has 98 valence electrons. The van der Waals surface area contributed by atoms with Gasteiger partial charge >= 0.3 is 0 Å². The van der Waals surface area contributed by atoms with Crippen molar-refractivity contribution in [3.63, 3.8) is 0 Å². The van der Waals surface area contributed by atoms with E-state index in [1.807, 2.05) is 13.8 Å². The van der Waals surface area contributed by atoms with Crippen molar-refractivity contribution < 1.29 is 4.79 Å². The van der Waals surface area contributed by atoms with Crippen LogP contribution in [0.1, 0.15) is 44.6 Å². The summed E-state index contributed by atoms with van der Waals surface area (Å²) in [5.41, 5.74) is 6.01. The van der Waals surface area contributed by atoms with Crippen LogP contribution in [0.15, 0.2) is 18.3 Å². The van der Waals surface area contributed by atoms with Crippen molar-refractivity contribution in [2.75, 3.05) is 12.8 Å². The van der Waals surface area contributed by atoms with Crippen LogP contribution in [-0.2, 0) is 0 Å². The second-order valence-corrected chi connectivity index (χ2v) is 3.06. The maximum Gasteiger partial charge on any atom is 0.288 e. The summed E-state index contributed by atoms with van der Waals surface area (Å²) in [6.07, 6.45) is 2.74. The first kappa shape index (κ1) is 17.8. The van der Waals surface area contributed by atoms with Crippen LogP contribution in [0.5, 0.6) is 0 Å². The molecule has 5 nitrogen and oxygen atoms in total. The van der Waals surface area contributed by atoms with Crippen LogP contribution in [0.2, 0.25) is 0 Å². The molecule has 1 rings (SSSR count). The minimum absolute atomic E-state index is 0.183. The van der Waals surface area contributed by atoms with Gasteiger partial charge in [-0.2, -0.15) is 0 Å². The molecule has 1 aromatic rings. The molecule has 1 heterocycles. The van der Waals surface area contributed by atoms with Gasteiger partial charge in [0, 0.05) is 13.2 Å². The predicted molar refractivity (Wildman–Crippen MR) is 72.2 cm³/mol. The molecule has 0 saturated heterocycles. The summed E-state index contributed by atoms with van der Waals surface area (Å²) in [7, 11) is 1.44. The van der Waals surface area contributed by atoms with E-state index in [0.717, 1.165) is 5.01 Å². The second kappa shape index (κ2) is 10.9. The molecule has 0 aromatic carbocycles. The third-order valence-corrected chi connectivity index (χ3v) is 1.36. The van der Waals surface area contributed by atoms with Gasteiger partial charge in [0.15, 0.2) is 5.69 Å². The van der Waals surface area contributed by atoms with Crippen molar-refractivity contribution in [2.24, 2.45) is 5.84 Å². The topological polar surface area (TPSA) is 85.2 Å². The van der Waals surface area contributed by atoms with Gasteiger partial charge in [-0.25, -0.2) is 10.8 Å². The molecule has 17 heavy (non-hydrogen) atoms. The van der Waals surface area contributed by atoms with Gasteiger partial charge in [-0.05, 0) is 12.1 Å². The molecule has 0 aliphatic rings. The number of carbonyl (C=O) groups excluding carboxylic acids is 1. The van der Waals surface area contributed by atoms with Crippen LogP contribution in [-0.4, -0.2) is 22.9 Å². The quantitative estimate of drug-likeness (QED) is 0.447. The van der Waals surface area contributed by atoms with Crippen LogP contribution < -0.4 is 11.6 Å². The van der Waals surface area contributed by atoms with E-state index in [-0.39, 0.29) is 5.69 Å². The Morgan fingerprint density at radius 3 is 2.24 bits per heavy atom. The van der Waals surface area contributed by atoms with Gasteiger partial charge in [-0.3, -0.25) is 9.80 Å². The third-order valence-electron chi connectivity index (χ3n) is 1.36. The first-order chi connectivity index (χ1) is 8.04. The highest BCUT2D eigenvalue weighted by Crippen LogP contribution is 2.07. The summed E-state index contributed by atoms with van der Waals surface area (Å²) < 4.78 is 0. The molecule has 1 aromatic heterocycles. The normalized spacial score (nSPS) is 8.12. The Balaban J connectivity index is 0. The molecule has 0 aliphatic heterocycles. The number of amides is 1. The van der Waals surface area contributed by atoms with Gasteiger partial charge in [0.2, 0.25) is 0 Å². The van der Waals surface area contributed by atoms with E-state index in [0.29, 0.717) is 5.69 Å². The zero-order valence-electron chi connectivity index (χ0n) is 11.4. The third kappa shape index (κ3) is 7.30. The minimum atomic E-state index is -0.395. The van der Waals surface area contributed by atoms with Gasteiger partial charge in [0.05, 0.1) is 5.69 Å². The maximum atomic E-state index is 11.2. The van der Waals surface area contributed by atoms with Crippen molar-refractivity contribution in [1.82, 2.24) is 9.99 Å². The highest BCUT2D eigenvalue weighted by Gasteiger charge is 2.12. The van der Waals surface area contributed by atoms with Crippen molar-refractivity contribution in [2.45, 2.75) is 34.1 Å². The molecule has 0 bridgehead atoms. The van der Waals surface area contributed by atoms with E-state index in [1.165, 1.54) is 19.7 Å². The lowest BCUT2D eigenvalue weighted by Gasteiger charge is -2.09. The summed E-state index contributed by atoms with van der Waals surface area (Å²) in [5, 5.41) is 0.943. The van der Waals surface area contributed by atoms with E-state index in [2.05, 4.69) is 18.8 Å². The number of anilines is 1. The number of nitrogen functional groups attached to an aromatic ring is 1. The Morgan fingerprint density at radius 2 is 1.88 bits per heavy atom. The monoisotopic (exact) mass is 240 g/mol. The van der Waals surface area contributed by atoms with Crippen LogP contribution in [0.4, 0.5) is 5.69 Å². The lowest BCUT2D eigenvalue weighted by atomic mass is 10.3. The van der Waals surface area contributed by atoms with Crippen molar-refractivity contribution in [3.05, 3.63) is 24.0 Å². The van der Waals surface area contributed by atoms with Gasteiger partial charge < -0.3 is 5.73 Å². The average Bonchev–Trinajstić information content (AvgIpc) is 2.32. The van der Waals surface area contributed by atoms with E-state index in [4.69, 9.17) is 11.6 Å². The van der Waals surface area contributed by atoms with Gasteiger partial charge in [-0.1, -0.05) is 34.1 Å². The predicted octanol–water partition coefficient (Wildman–Crippen LogP) is 2.05. The molecule has 0 spiro atoms. The lowest BCUT2D eigenvalue weighted by Crippen LogP contribution is -2.34. The van der Waals surface area contributed by atoms with Crippen LogP contribution in [0, 0.1) is 0 Å². The molecule has 0 saturated carbocycles. The molecule has 1 amide bonds. The van der Waals surface area contributed by atoms with Gasteiger partial charge in [0.25, 0.3) is 5.91 Å². The van der Waals surface area contributed by atoms with E-state index >= 15 is 0 Å². The first-order valence-corrected chi connectivity index (χ1v) is 5.77. The van der Waals surface area contributed by atoms with Crippen LogP contribution in [0.3, 0.4) is 0 Å². The number of rotatable bonds is 1. The second-order valence-electron chi connectivity index (χ2n) is 3.06. The molecule has 0 aliphatic carbocycles. The fraction of sp³-hybridized carbons (Fsp3) is 0.500. The molecular formula is C12H24N4O. The van der Waals surface area contributed by atoms with Crippen molar-refractivity contribution in [1.29, 1.82) is 0 Å². The number of hydrazine groups is 1. The molecule has 0 fully saturated rings. The Bertz CT molecular complexity index is 313. The van der Waals surface area contributed by atoms with Gasteiger partial charge in [0.1, 0.15) is 0 Å². The molecule has 0 unspecified atom stereocenters. The summed E-state index contributed by atoms with van der Waals surface area (Å²) in [5.74, 6) is 4.83. The number of nitrogens with zero attached hydrogens (tertiary/aromatic N) is 2. The molecule has 0 radical (unpaired) electrons. The molecule has 0 atom stereocenters. The maximum absolute atomic E-state index is 11.2. The van der Waals surface area contributed by atoms with Gasteiger partial charge in [-0.15, -0.1) is 0 Å². The van der Waals surface area contributed by atoms with E-state index in [1.54, 1.807) is 12.1 Å². The number of hydrogen-bond acceptors (Lipinski definition) is 4. The zero-order valence-corrected chi connectivity index (χ0v) is 11.4. The van der Waals surface area contributed by atoms with Crippen LogP contribution in [0.25, 0.3) is 0 Å². The Labute approximate surface area is 104 Å². The summed E-state index contributed by atoms with van der Waals surface area (Å²) in [6, 6.07) is 3.26. The minimum Gasteiger partial charge on any atom is -0.397 e. The lowest BCUT2D eigenvalue weighted by molar-refractivity contribution is 0.0790. The van der Waals surface area contributed by atoms with E-state index in [9.17, 15) is 4.79 Å². The highest BCUT2D eigenvalue weighted by atomic mass is 16.2. The molecule has 5 heteroatoms. The Hall–Kier alpha value is -1.62. The fourth-order valence-corrected chi connectivity index (χ4v) is 0.763.